The highest BCUT2D eigenvalue weighted by Crippen LogP contribution is 2.38. The van der Waals surface area contributed by atoms with Crippen LogP contribution in [-0.2, 0) is 9.53 Å². The monoisotopic (exact) mass is 219 g/mol. The number of pyridine rings is 1. The molecule has 1 aliphatic rings. The van der Waals surface area contributed by atoms with Crippen LogP contribution >= 0.6 is 0 Å². The van der Waals surface area contributed by atoms with Gasteiger partial charge in [-0.15, -0.1) is 0 Å². The molecule has 0 aromatic carbocycles. The zero-order valence-electron chi connectivity index (χ0n) is 9.56. The van der Waals surface area contributed by atoms with Crippen LogP contribution in [0.25, 0.3) is 0 Å². The molecule has 1 aliphatic carbocycles. The number of ether oxygens (including phenoxy) is 1. The minimum Gasteiger partial charge on any atom is -0.465 e. The van der Waals surface area contributed by atoms with Crippen molar-refractivity contribution in [3.63, 3.8) is 0 Å². The predicted octanol–water partition coefficient (Wildman–Crippen LogP) is 2.53. The van der Waals surface area contributed by atoms with Gasteiger partial charge < -0.3 is 4.74 Å². The lowest BCUT2D eigenvalue weighted by molar-refractivity contribution is -0.145. The Hall–Kier alpha value is -1.38. The number of nitrogens with zero attached hydrogens (tertiary/aromatic N) is 1. The van der Waals surface area contributed by atoms with Gasteiger partial charge in [0.05, 0.1) is 18.2 Å². The largest absolute Gasteiger partial charge is 0.465 e. The lowest BCUT2D eigenvalue weighted by Gasteiger charge is -2.14. The standard InChI is InChI=1S/C13H17NO2/c1-2-16-13(15)11(9-10-6-7-10)12-5-3-4-8-14-12/h3-5,8,10-11H,2,6-7,9H2,1H3. The SMILES string of the molecule is CCOC(=O)C(CC1CC1)c1ccccn1. The fourth-order valence-corrected chi connectivity index (χ4v) is 1.85. The van der Waals surface area contributed by atoms with Gasteiger partial charge in [-0.1, -0.05) is 18.9 Å². The summed E-state index contributed by atoms with van der Waals surface area (Å²) < 4.78 is 5.11. The molecule has 1 saturated carbocycles. The first kappa shape index (κ1) is 11.1. The molecule has 0 N–H and O–H groups in total. The first-order chi connectivity index (χ1) is 7.81. The first-order valence-electron chi connectivity index (χ1n) is 5.88. The molecule has 1 fully saturated rings. The second kappa shape index (κ2) is 5.10. The van der Waals surface area contributed by atoms with Gasteiger partial charge in [0.15, 0.2) is 0 Å². The predicted molar refractivity (Wildman–Crippen MR) is 61.0 cm³/mol. The van der Waals surface area contributed by atoms with Crippen LogP contribution in [-0.4, -0.2) is 17.6 Å². The van der Waals surface area contributed by atoms with Crippen molar-refractivity contribution >= 4 is 5.97 Å². The van der Waals surface area contributed by atoms with Gasteiger partial charge in [0.1, 0.15) is 0 Å². The molecule has 0 spiro atoms. The third-order valence-electron chi connectivity index (χ3n) is 2.88. The Morgan fingerprint density at radius 1 is 1.56 bits per heavy atom. The summed E-state index contributed by atoms with van der Waals surface area (Å²) in [6, 6.07) is 5.69. The van der Waals surface area contributed by atoms with E-state index in [9.17, 15) is 4.79 Å². The summed E-state index contributed by atoms with van der Waals surface area (Å²) in [5.74, 6) is 0.387. The first-order valence-corrected chi connectivity index (χ1v) is 5.88. The molecule has 0 radical (unpaired) electrons. The van der Waals surface area contributed by atoms with Crippen LogP contribution in [0.4, 0.5) is 0 Å². The van der Waals surface area contributed by atoms with E-state index in [4.69, 9.17) is 4.74 Å². The number of esters is 1. The van der Waals surface area contributed by atoms with Crippen molar-refractivity contribution in [2.24, 2.45) is 5.92 Å². The molecular formula is C13H17NO2. The Morgan fingerprint density at radius 3 is 2.94 bits per heavy atom. The van der Waals surface area contributed by atoms with Crippen LogP contribution in [0.2, 0.25) is 0 Å². The Bertz CT molecular complexity index is 346. The summed E-state index contributed by atoms with van der Waals surface area (Å²) in [7, 11) is 0. The minimum absolute atomic E-state index is 0.131. The maximum absolute atomic E-state index is 11.8. The Balaban J connectivity index is 2.09. The van der Waals surface area contributed by atoms with Crippen molar-refractivity contribution in [3.05, 3.63) is 30.1 Å². The lowest BCUT2D eigenvalue weighted by atomic mass is 9.98. The minimum atomic E-state index is -0.173. The Kier molecular flexibility index (Phi) is 3.54. The quantitative estimate of drug-likeness (QED) is 0.714. The molecular weight excluding hydrogens is 202 g/mol. The van der Waals surface area contributed by atoms with Crippen molar-refractivity contribution in [2.45, 2.75) is 32.1 Å². The van der Waals surface area contributed by atoms with E-state index >= 15 is 0 Å². The molecule has 2 rings (SSSR count). The van der Waals surface area contributed by atoms with E-state index in [2.05, 4.69) is 4.98 Å². The van der Waals surface area contributed by atoms with Gasteiger partial charge in [-0.25, -0.2) is 0 Å². The summed E-state index contributed by atoms with van der Waals surface area (Å²) in [4.78, 5) is 16.1. The molecule has 3 nitrogen and oxygen atoms in total. The van der Waals surface area contributed by atoms with Crippen molar-refractivity contribution in [1.82, 2.24) is 4.98 Å². The van der Waals surface area contributed by atoms with Crippen LogP contribution < -0.4 is 0 Å². The normalized spacial score (nSPS) is 16.8. The van der Waals surface area contributed by atoms with Gasteiger partial charge >= 0.3 is 5.97 Å². The van der Waals surface area contributed by atoms with Crippen LogP contribution in [0.3, 0.4) is 0 Å². The molecule has 1 heterocycles. The van der Waals surface area contributed by atoms with Gasteiger partial charge in [0.25, 0.3) is 0 Å². The number of carbonyl (C=O) groups is 1. The van der Waals surface area contributed by atoms with Crippen molar-refractivity contribution in [2.75, 3.05) is 6.61 Å². The summed E-state index contributed by atoms with van der Waals surface area (Å²) in [5, 5.41) is 0. The highest BCUT2D eigenvalue weighted by Gasteiger charge is 2.31. The highest BCUT2D eigenvalue weighted by atomic mass is 16.5. The van der Waals surface area contributed by atoms with Crippen molar-refractivity contribution in [1.29, 1.82) is 0 Å². The van der Waals surface area contributed by atoms with E-state index in [-0.39, 0.29) is 11.9 Å². The average Bonchev–Trinajstić information content (AvgIpc) is 3.11. The number of hydrogen-bond donors (Lipinski definition) is 0. The van der Waals surface area contributed by atoms with E-state index < -0.39 is 0 Å². The van der Waals surface area contributed by atoms with Crippen molar-refractivity contribution in [3.8, 4) is 0 Å². The number of aromatic nitrogens is 1. The third-order valence-corrected chi connectivity index (χ3v) is 2.88. The summed E-state index contributed by atoms with van der Waals surface area (Å²) in [6.45, 7) is 2.28. The van der Waals surface area contributed by atoms with Crippen LogP contribution in [0.15, 0.2) is 24.4 Å². The molecule has 1 aromatic rings. The van der Waals surface area contributed by atoms with Gasteiger partial charge in [0, 0.05) is 6.20 Å². The van der Waals surface area contributed by atoms with E-state index in [1.807, 2.05) is 25.1 Å². The molecule has 86 valence electrons. The van der Waals surface area contributed by atoms with Crippen molar-refractivity contribution < 1.29 is 9.53 Å². The number of carbonyl (C=O) groups excluding carboxylic acids is 1. The smallest absolute Gasteiger partial charge is 0.315 e. The Labute approximate surface area is 95.8 Å². The number of rotatable bonds is 5. The molecule has 0 saturated heterocycles. The fraction of sp³-hybridized carbons (Fsp3) is 0.538. The van der Waals surface area contributed by atoms with Gasteiger partial charge in [-0.3, -0.25) is 9.78 Å². The van der Waals surface area contributed by atoms with E-state index in [0.717, 1.165) is 12.1 Å². The molecule has 1 unspecified atom stereocenters. The fourth-order valence-electron chi connectivity index (χ4n) is 1.85. The molecule has 0 aliphatic heterocycles. The summed E-state index contributed by atoms with van der Waals surface area (Å²) >= 11 is 0. The second-order valence-corrected chi connectivity index (χ2v) is 4.24. The molecule has 0 bridgehead atoms. The zero-order chi connectivity index (χ0) is 11.4. The van der Waals surface area contributed by atoms with Crippen LogP contribution in [0.5, 0.6) is 0 Å². The molecule has 16 heavy (non-hydrogen) atoms. The molecule has 3 heteroatoms. The average molecular weight is 219 g/mol. The summed E-state index contributed by atoms with van der Waals surface area (Å²) in [6.07, 6.45) is 5.09. The maximum Gasteiger partial charge on any atom is 0.315 e. The molecule has 1 atom stereocenters. The van der Waals surface area contributed by atoms with Crippen LogP contribution in [0, 0.1) is 5.92 Å². The van der Waals surface area contributed by atoms with Gasteiger partial charge in [-0.05, 0) is 31.4 Å². The van der Waals surface area contributed by atoms with E-state index in [1.165, 1.54) is 12.8 Å². The third kappa shape index (κ3) is 2.81. The van der Waals surface area contributed by atoms with Gasteiger partial charge in [0.2, 0.25) is 0 Å². The summed E-state index contributed by atoms with van der Waals surface area (Å²) in [5.41, 5.74) is 0.841. The maximum atomic E-state index is 11.8. The second-order valence-electron chi connectivity index (χ2n) is 4.24. The molecule has 0 amide bonds. The van der Waals surface area contributed by atoms with E-state index in [0.29, 0.717) is 12.5 Å². The lowest BCUT2D eigenvalue weighted by Crippen LogP contribution is -2.17. The highest BCUT2D eigenvalue weighted by molar-refractivity contribution is 5.77. The zero-order valence-corrected chi connectivity index (χ0v) is 9.56. The molecule has 1 aromatic heterocycles. The number of hydrogen-bond acceptors (Lipinski definition) is 3. The Morgan fingerprint density at radius 2 is 2.38 bits per heavy atom. The van der Waals surface area contributed by atoms with Crippen LogP contribution in [0.1, 0.15) is 37.8 Å². The van der Waals surface area contributed by atoms with Gasteiger partial charge in [-0.2, -0.15) is 0 Å². The van der Waals surface area contributed by atoms with E-state index in [1.54, 1.807) is 6.20 Å². The topological polar surface area (TPSA) is 39.2 Å².